The van der Waals surface area contributed by atoms with Crippen molar-refractivity contribution >= 4 is 51.1 Å². The van der Waals surface area contributed by atoms with E-state index in [1.807, 2.05) is 12.1 Å². The van der Waals surface area contributed by atoms with Crippen LogP contribution >= 0.6 is 34.2 Å². The van der Waals surface area contributed by atoms with Crippen LogP contribution in [-0.2, 0) is 11.2 Å². The summed E-state index contributed by atoms with van der Waals surface area (Å²) in [6, 6.07) is 5.43. The molecule has 3 nitrogen and oxygen atoms in total. The maximum atomic E-state index is 10.6. The van der Waals surface area contributed by atoms with Crippen molar-refractivity contribution in [1.82, 2.24) is 4.98 Å². The van der Waals surface area contributed by atoms with Crippen LogP contribution in [0.25, 0.3) is 10.9 Å². The normalized spacial score (nSPS) is 10.6. The molecule has 1 N–H and O–H groups in total. The number of carboxylic acid groups (broad SMARTS) is 1. The standard InChI is InChI=1S/C11H7ClINO2/c12-8-4-7-1-6(3-10(15)16)2-9(13)11(7)14-5-8/h1-2,4-5H,3H2,(H,15,16). The fourth-order valence-corrected chi connectivity index (χ4v) is 2.53. The van der Waals surface area contributed by atoms with Crippen LogP contribution in [-0.4, -0.2) is 16.1 Å². The molecular formula is C11H7ClINO2. The van der Waals surface area contributed by atoms with Crippen LogP contribution in [0.2, 0.25) is 5.02 Å². The van der Waals surface area contributed by atoms with Gasteiger partial charge in [0.1, 0.15) is 0 Å². The van der Waals surface area contributed by atoms with Crippen molar-refractivity contribution in [3.63, 3.8) is 0 Å². The summed E-state index contributed by atoms with van der Waals surface area (Å²) in [4.78, 5) is 14.9. The Bertz CT molecular complexity index is 571. The number of hydrogen-bond acceptors (Lipinski definition) is 2. The summed E-state index contributed by atoms with van der Waals surface area (Å²) in [7, 11) is 0. The molecule has 2 rings (SSSR count). The zero-order chi connectivity index (χ0) is 11.7. The number of carboxylic acids is 1. The second-order valence-electron chi connectivity index (χ2n) is 3.37. The van der Waals surface area contributed by atoms with Gasteiger partial charge in [-0.05, 0) is 46.4 Å². The van der Waals surface area contributed by atoms with Gasteiger partial charge in [-0.1, -0.05) is 11.6 Å². The van der Waals surface area contributed by atoms with E-state index in [0.717, 1.165) is 20.0 Å². The molecule has 0 aliphatic rings. The molecular weight excluding hydrogens is 340 g/mol. The molecule has 0 bridgehead atoms. The maximum Gasteiger partial charge on any atom is 0.307 e. The molecule has 5 heteroatoms. The highest BCUT2D eigenvalue weighted by molar-refractivity contribution is 14.1. The number of aromatic nitrogens is 1. The van der Waals surface area contributed by atoms with Crippen molar-refractivity contribution in [2.75, 3.05) is 0 Å². The number of carbonyl (C=O) groups is 1. The second kappa shape index (κ2) is 4.55. The van der Waals surface area contributed by atoms with Gasteiger partial charge in [0.2, 0.25) is 0 Å². The Morgan fingerprint density at radius 3 is 2.88 bits per heavy atom. The Hall–Kier alpha value is -0.880. The van der Waals surface area contributed by atoms with E-state index in [1.165, 1.54) is 0 Å². The van der Waals surface area contributed by atoms with Gasteiger partial charge in [0.05, 0.1) is 17.0 Å². The van der Waals surface area contributed by atoms with Crippen molar-refractivity contribution in [1.29, 1.82) is 0 Å². The first kappa shape index (κ1) is 11.6. The summed E-state index contributed by atoms with van der Waals surface area (Å²) in [5.41, 5.74) is 1.60. The van der Waals surface area contributed by atoms with Gasteiger partial charge in [-0.3, -0.25) is 9.78 Å². The summed E-state index contributed by atoms with van der Waals surface area (Å²) in [6.07, 6.45) is 1.60. The van der Waals surface area contributed by atoms with E-state index in [-0.39, 0.29) is 6.42 Å². The maximum absolute atomic E-state index is 10.6. The van der Waals surface area contributed by atoms with Gasteiger partial charge in [-0.15, -0.1) is 0 Å². The fourth-order valence-electron chi connectivity index (χ4n) is 1.51. The lowest BCUT2D eigenvalue weighted by atomic mass is 10.1. The smallest absolute Gasteiger partial charge is 0.307 e. The van der Waals surface area contributed by atoms with Crippen LogP contribution in [0.15, 0.2) is 24.4 Å². The molecule has 0 saturated heterocycles. The first-order chi connectivity index (χ1) is 7.56. The zero-order valence-electron chi connectivity index (χ0n) is 8.08. The quantitative estimate of drug-likeness (QED) is 0.849. The zero-order valence-corrected chi connectivity index (χ0v) is 11.0. The lowest BCUT2D eigenvalue weighted by molar-refractivity contribution is -0.136. The Morgan fingerprint density at radius 2 is 2.19 bits per heavy atom. The highest BCUT2D eigenvalue weighted by atomic mass is 127. The van der Waals surface area contributed by atoms with Crippen LogP contribution in [0.3, 0.4) is 0 Å². The number of aliphatic carboxylic acids is 1. The van der Waals surface area contributed by atoms with Gasteiger partial charge < -0.3 is 5.11 Å². The van der Waals surface area contributed by atoms with Crippen molar-refractivity contribution in [2.24, 2.45) is 0 Å². The van der Waals surface area contributed by atoms with E-state index in [0.29, 0.717) is 5.02 Å². The van der Waals surface area contributed by atoms with Gasteiger partial charge >= 0.3 is 5.97 Å². The highest BCUT2D eigenvalue weighted by Crippen LogP contribution is 2.23. The van der Waals surface area contributed by atoms with E-state index < -0.39 is 5.97 Å². The molecule has 1 aromatic carbocycles. The highest BCUT2D eigenvalue weighted by Gasteiger charge is 2.06. The lowest BCUT2D eigenvalue weighted by Gasteiger charge is -2.04. The average molecular weight is 348 g/mol. The first-order valence-electron chi connectivity index (χ1n) is 4.52. The van der Waals surface area contributed by atoms with Gasteiger partial charge in [0.25, 0.3) is 0 Å². The Morgan fingerprint density at radius 1 is 1.44 bits per heavy atom. The van der Waals surface area contributed by atoms with Crippen LogP contribution < -0.4 is 0 Å². The molecule has 0 radical (unpaired) electrons. The summed E-state index contributed by atoms with van der Waals surface area (Å²) in [5.74, 6) is -0.842. The van der Waals surface area contributed by atoms with Crippen LogP contribution in [0.1, 0.15) is 5.56 Å². The minimum atomic E-state index is -0.842. The van der Waals surface area contributed by atoms with Gasteiger partial charge in [-0.2, -0.15) is 0 Å². The van der Waals surface area contributed by atoms with E-state index in [2.05, 4.69) is 27.6 Å². The predicted octanol–water partition coefficient (Wildman–Crippen LogP) is 3.12. The molecule has 0 amide bonds. The largest absolute Gasteiger partial charge is 0.481 e. The molecule has 16 heavy (non-hydrogen) atoms. The number of benzene rings is 1. The second-order valence-corrected chi connectivity index (χ2v) is 4.97. The Balaban J connectivity index is 2.60. The van der Waals surface area contributed by atoms with E-state index in [1.54, 1.807) is 12.3 Å². The first-order valence-corrected chi connectivity index (χ1v) is 5.97. The summed E-state index contributed by atoms with van der Waals surface area (Å²) >= 11 is 7.99. The molecule has 0 fully saturated rings. The molecule has 0 unspecified atom stereocenters. The average Bonchev–Trinajstić information content (AvgIpc) is 2.15. The Kier molecular flexibility index (Phi) is 3.30. The molecule has 0 spiro atoms. The molecule has 0 aliphatic carbocycles. The van der Waals surface area contributed by atoms with Crippen molar-refractivity contribution in [2.45, 2.75) is 6.42 Å². The van der Waals surface area contributed by atoms with E-state index in [9.17, 15) is 4.79 Å². The molecule has 1 aromatic heterocycles. The molecule has 0 atom stereocenters. The minimum absolute atomic E-state index is 0.0124. The number of pyridine rings is 1. The third-order valence-electron chi connectivity index (χ3n) is 2.12. The summed E-state index contributed by atoms with van der Waals surface area (Å²) in [6.45, 7) is 0. The Labute approximate surface area is 111 Å². The lowest BCUT2D eigenvalue weighted by Crippen LogP contribution is -2.00. The van der Waals surface area contributed by atoms with Crippen molar-refractivity contribution in [3.8, 4) is 0 Å². The predicted molar refractivity (Wildman–Crippen MR) is 70.8 cm³/mol. The minimum Gasteiger partial charge on any atom is -0.481 e. The van der Waals surface area contributed by atoms with Gasteiger partial charge in [0, 0.05) is 15.2 Å². The van der Waals surface area contributed by atoms with Crippen molar-refractivity contribution in [3.05, 3.63) is 38.6 Å². The third kappa shape index (κ3) is 2.44. The van der Waals surface area contributed by atoms with E-state index >= 15 is 0 Å². The number of halogens is 2. The van der Waals surface area contributed by atoms with E-state index in [4.69, 9.17) is 16.7 Å². The van der Waals surface area contributed by atoms with Crippen LogP contribution in [0.4, 0.5) is 0 Å². The van der Waals surface area contributed by atoms with Gasteiger partial charge in [-0.25, -0.2) is 0 Å². The molecule has 0 aliphatic heterocycles. The SMILES string of the molecule is O=C(O)Cc1cc(I)c2ncc(Cl)cc2c1. The summed E-state index contributed by atoms with van der Waals surface area (Å²) < 4.78 is 0.933. The van der Waals surface area contributed by atoms with Crippen LogP contribution in [0.5, 0.6) is 0 Å². The molecule has 1 heterocycles. The number of nitrogens with zero attached hydrogens (tertiary/aromatic N) is 1. The monoisotopic (exact) mass is 347 g/mol. The fraction of sp³-hybridized carbons (Fsp3) is 0.0909. The topological polar surface area (TPSA) is 50.2 Å². The van der Waals surface area contributed by atoms with Crippen molar-refractivity contribution < 1.29 is 9.90 Å². The molecule has 0 saturated carbocycles. The number of rotatable bonds is 2. The molecule has 2 aromatic rings. The molecule has 82 valence electrons. The van der Waals surface area contributed by atoms with Crippen LogP contribution in [0, 0.1) is 3.57 Å². The number of hydrogen-bond donors (Lipinski definition) is 1. The summed E-state index contributed by atoms with van der Waals surface area (Å²) in [5, 5.41) is 10.2. The van der Waals surface area contributed by atoms with Gasteiger partial charge in [0.15, 0.2) is 0 Å². The third-order valence-corrected chi connectivity index (χ3v) is 3.15. The number of fused-ring (bicyclic) bond motifs is 1.